The van der Waals surface area contributed by atoms with E-state index >= 15 is 0 Å². The van der Waals surface area contributed by atoms with Gasteiger partial charge in [-0.1, -0.05) is 58.6 Å². The van der Waals surface area contributed by atoms with Crippen LogP contribution in [0.5, 0.6) is 0 Å². The van der Waals surface area contributed by atoms with Crippen molar-refractivity contribution in [1.82, 2.24) is 0 Å². The maximum absolute atomic E-state index is 12.3. The first-order chi connectivity index (χ1) is 8.20. The second-order valence-corrected chi connectivity index (χ2v) is 7.28. The van der Waals surface area contributed by atoms with Crippen molar-refractivity contribution in [3.05, 3.63) is 24.3 Å². The molecular formula is C12H12Cl4O2. The lowest BCUT2D eigenvalue weighted by Gasteiger charge is -2.47. The van der Waals surface area contributed by atoms with Gasteiger partial charge in [0.2, 0.25) is 14.4 Å². The summed E-state index contributed by atoms with van der Waals surface area (Å²) in [6, 6.07) is 0. The lowest BCUT2D eigenvalue weighted by Crippen LogP contribution is -2.64. The molecule has 2 rings (SSSR count). The molecule has 0 radical (unpaired) electrons. The Balaban J connectivity index is 2.52. The third kappa shape index (κ3) is 1.70. The zero-order valence-corrected chi connectivity index (χ0v) is 12.7. The minimum Gasteiger partial charge on any atom is -0.356 e. The van der Waals surface area contributed by atoms with Crippen molar-refractivity contribution in [2.45, 2.75) is 40.1 Å². The fourth-order valence-electron chi connectivity index (χ4n) is 2.45. The largest absolute Gasteiger partial charge is 0.356 e. The molecule has 100 valence electrons. The van der Waals surface area contributed by atoms with Gasteiger partial charge in [-0.25, -0.2) is 0 Å². The Morgan fingerprint density at radius 2 is 2.06 bits per heavy atom. The summed E-state index contributed by atoms with van der Waals surface area (Å²) in [7, 11) is 0. The fourth-order valence-corrected chi connectivity index (χ4v) is 4.01. The summed E-state index contributed by atoms with van der Waals surface area (Å²) in [5.41, 5.74) is -0.296. The molecule has 0 aromatic carbocycles. The fraction of sp³-hybridized carbons (Fsp3) is 0.583. The molecule has 0 unspecified atom stereocenters. The first kappa shape index (κ1) is 14.7. The standard InChI is InChI=1S/C12H12Cl4O2/c1-3-4-5-10-7(2)6-8(18-10)11(13,14)9(17)12(10,15)16/h3,6,8H,1,4-5H2,2H3/t8-,10-/m0/s1. The van der Waals surface area contributed by atoms with Crippen molar-refractivity contribution < 1.29 is 9.53 Å². The van der Waals surface area contributed by atoms with E-state index in [-0.39, 0.29) is 0 Å². The van der Waals surface area contributed by atoms with Gasteiger partial charge in [-0.3, -0.25) is 4.79 Å². The van der Waals surface area contributed by atoms with Crippen molar-refractivity contribution in [1.29, 1.82) is 0 Å². The predicted molar refractivity (Wildman–Crippen MR) is 74.7 cm³/mol. The molecule has 2 nitrogen and oxygen atoms in total. The Bertz CT molecular complexity index is 441. The monoisotopic (exact) mass is 328 g/mol. The van der Waals surface area contributed by atoms with Crippen LogP contribution in [0.3, 0.4) is 0 Å². The van der Waals surface area contributed by atoms with Crippen LogP contribution in [0.2, 0.25) is 0 Å². The highest BCUT2D eigenvalue weighted by atomic mass is 35.5. The number of allylic oxidation sites excluding steroid dienone is 1. The zero-order chi connectivity index (χ0) is 13.8. The van der Waals surface area contributed by atoms with E-state index in [1.165, 1.54) is 0 Å². The topological polar surface area (TPSA) is 26.3 Å². The maximum Gasteiger partial charge on any atom is 0.211 e. The number of fused-ring (bicyclic) bond motifs is 2. The van der Waals surface area contributed by atoms with Gasteiger partial charge >= 0.3 is 0 Å². The minimum atomic E-state index is -1.80. The first-order valence-electron chi connectivity index (χ1n) is 5.48. The van der Waals surface area contributed by atoms with Crippen LogP contribution in [0.15, 0.2) is 24.3 Å². The Morgan fingerprint density at radius 3 is 2.61 bits per heavy atom. The van der Waals surface area contributed by atoms with E-state index in [2.05, 4.69) is 6.58 Å². The van der Waals surface area contributed by atoms with Crippen molar-refractivity contribution in [2.24, 2.45) is 0 Å². The molecule has 2 aliphatic heterocycles. The number of Topliss-reactive ketones (excluding diaryl/α,β-unsaturated/α-hetero) is 1. The zero-order valence-electron chi connectivity index (χ0n) is 9.68. The number of ether oxygens (including phenoxy) is 1. The molecule has 1 fully saturated rings. The van der Waals surface area contributed by atoms with Crippen molar-refractivity contribution in [3.8, 4) is 0 Å². The summed E-state index contributed by atoms with van der Waals surface area (Å²) >= 11 is 24.5. The maximum atomic E-state index is 12.3. The summed E-state index contributed by atoms with van der Waals surface area (Å²) in [5, 5.41) is 0. The van der Waals surface area contributed by atoms with E-state index in [9.17, 15) is 4.79 Å². The van der Waals surface area contributed by atoms with E-state index in [1.807, 2.05) is 6.92 Å². The highest BCUT2D eigenvalue weighted by Gasteiger charge is 2.70. The highest BCUT2D eigenvalue weighted by Crippen LogP contribution is 2.58. The number of carbonyl (C=O) groups is 1. The van der Waals surface area contributed by atoms with Crippen molar-refractivity contribution in [2.75, 3.05) is 0 Å². The van der Waals surface area contributed by atoms with Gasteiger partial charge in [0.25, 0.3) is 0 Å². The summed E-state index contributed by atoms with van der Waals surface area (Å²) in [4.78, 5) is 12.3. The molecule has 0 aromatic heterocycles. The van der Waals surface area contributed by atoms with Gasteiger partial charge in [0, 0.05) is 0 Å². The van der Waals surface area contributed by atoms with Gasteiger partial charge in [-0.05, 0) is 25.3 Å². The molecule has 6 heteroatoms. The number of rotatable bonds is 3. The quantitative estimate of drug-likeness (QED) is 0.578. The van der Waals surface area contributed by atoms with Crippen LogP contribution in [0.25, 0.3) is 0 Å². The van der Waals surface area contributed by atoms with E-state index in [4.69, 9.17) is 51.1 Å². The van der Waals surface area contributed by atoms with E-state index in [1.54, 1.807) is 12.2 Å². The molecule has 2 atom stereocenters. The average Bonchev–Trinajstić information content (AvgIpc) is 2.62. The number of alkyl halides is 4. The molecule has 0 aliphatic carbocycles. The van der Waals surface area contributed by atoms with Crippen molar-refractivity contribution >= 4 is 52.2 Å². The Kier molecular flexibility index (Phi) is 3.58. The molecule has 0 N–H and O–H groups in total. The minimum absolute atomic E-state index is 0.456. The first-order valence-corrected chi connectivity index (χ1v) is 6.99. The van der Waals surface area contributed by atoms with Crippen LogP contribution in [-0.4, -0.2) is 26.2 Å². The normalized spacial score (nSPS) is 36.4. The number of hydrogen-bond donors (Lipinski definition) is 0. The summed E-state index contributed by atoms with van der Waals surface area (Å²) in [5.74, 6) is -0.630. The Labute approximate surface area is 126 Å². The predicted octanol–water partition coefficient (Wildman–Crippen LogP) is 3.97. The van der Waals surface area contributed by atoms with E-state index in [0.29, 0.717) is 12.8 Å². The third-order valence-electron chi connectivity index (χ3n) is 3.52. The molecule has 1 saturated heterocycles. The number of carbonyl (C=O) groups excluding carboxylic acids is 1. The average molecular weight is 330 g/mol. The number of halogens is 4. The van der Waals surface area contributed by atoms with E-state index in [0.717, 1.165) is 5.57 Å². The molecule has 0 aromatic rings. The van der Waals surface area contributed by atoms with Crippen LogP contribution in [0.4, 0.5) is 0 Å². The van der Waals surface area contributed by atoms with Crippen LogP contribution in [0.1, 0.15) is 19.8 Å². The summed E-state index contributed by atoms with van der Waals surface area (Å²) in [6.45, 7) is 5.46. The van der Waals surface area contributed by atoms with Crippen LogP contribution < -0.4 is 0 Å². The van der Waals surface area contributed by atoms with Gasteiger partial charge in [0.05, 0.1) is 0 Å². The van der Waals surface area contributed by atoms with Gasteiger partial charge < -0.3 is 4.74 Å². The Hall–Kier alpha value is 0.270. The van der Waals surface area contributed by atoms with Crippen molar-refractivity contribution in [3.63, 3.8) is 0 Å². The molecule has 2 heterocycles. The van der Waals surface area contributed by atoms with Crippen LogP contribution >= 0.6 is 46.4 Å². The molecular weight excluding hydrogens is 318 g/mol. The third-order valence-corrected chi connectivity index (χ3v) is 5.25. The highest BCUT2D eigenvalue weighted by molar-refractivity contribution is 6.70. The van der Waals surface area contributed by atoms with Crippen LogP contribution in [-0.2, 0) is 9.53 Å². The molecule has 2 bridgehead atoms. The lowest BCUT2D eigenvalue weighted by molar-refractivity contribution is -0.142. The second-order valence-electron chi connectivity index (χ2n) is 4.57. The lowest BCUT2D eigenvalue weighted by atomic mass is 9.84. The van der Waals surface area contributed by atoms with Gasteiger partial charge in [-0.2, -0.15) is 0 Å². The number of ketones is 1. The van der Waals surface area contributed by atoms with Crippen LogP contribution in [0, 0.1) is 0 Å². The SMILES string of the molecule is C=CCC[C@]12O[C@@H](C=C1C)C(Cl)(Cl)C(=O)C2(Cl)Cl. The molecule has 18 heavy (non-hydrogen) atoms. The van der Waals surface area contributed by atoms with Gasteiger partial charge in [-0.15, -0.1) is 6.58 Å². The molecule has 0 spiro atoms. The van der Waals surface area contributed by atoms with Gasteiger partial charge in [0.15, 0.2) is 0 Å². The second kappa shape index (κ2) is 4.39. The summed E-state index contributed by atoms with van der Waals surface area (Å²) in [6.07, 6.45) is 3.79. The molecule has 2 aliphatic rings. The Morgan fingerprint density at radius 1 is 1.44 bits per heavy atom. The van der Waals surface area contributed by atoms with Gasteiger partial charge in [0.1, 0.15) is 11.7 Å². The number of hydrogen-bond acceptors (Lipinski definition) is 2. The van der Waals surface area contributed by atoms with E-state index < -0.39 is 26.2 Å². The molecule has 0 amide bonds. The smallest absolute Gasteiger partial charge is 0.211 e. The molecule has 0 saturated carbocycles. The summed E-state index contributed by atoms with van der Waals surface area (Å²) < 4.78 is 2.26.